The van der Waals surface area contributed by atoms with Crippen LogP contribution in [0.1, 0.15) is 47.2 Å². The van der Waals surface area contributed by atoms with Crippen molar-refractivity contribution < 1.29 is 38.7 Å². The number of carbonyl (C=O) groups excluding carboxylic acids is 2. The maximum atomic E-state index is 12.9. The van der Waals surface area contributed by atoms with E-state index in [4.69, 9.17) is 24.5 Å². The van der Waals surface area contributed by atoms with E-state index in [1.54, 1.807) is 35.2 Å². The first kappa shape index (κ1) is 34.4. The van der Waals surface area contributed by atoms with Gasteiger partial charge < -0.3 is 34.1 Å². The number of amides is 1. The molecule has 1 fully saturated rings. The molecule has 0 bridgehead atoms. The Morgan fingerprint density at radius 1 is 0.826 bits per heavy atom. The summed E-state index contributed by atoms with van der Waals surface area (Å²) in [6, 6.07) is 26.4. The Labute approximate surface area is 268 Å². The molecule has 2 N–H and O–H groups in total. The molecular weight excluding hydrogens is 592 g/mol. The van der Waals surface area contributed by atoms with Crippen molar-refractivity contribution >= 4 is 12.1 Å². The van der Waals surface area contributed by atoms with Crippen LogP contribution in [0.2, 0.25) is 0 Å². The van der Waals surface area contributed by atoms with Crippen LogP contribution in [0.3, 0.4) is 0 Å². The van der Waals surface area contributed by atoms with Crippen molar-refractivity contribution in [3.8, 4) is 0 Å². The number of carbonyl (C=O) groups is 2. The van der Waals surface area contributed by atoms with E-state index in [0.29, 0.717) is 25.1 Å². The second-order valence-corrected chi connectivity index (χ2v) is 10.9. The molecule has 3 aromatic rings. The monoisotopic (exact) mass is 632 g/mol. The zero-order valence-electron chi connectivity index (χ0n) is 25.5. The van der Waals surface area contributed by atoms with Crippen LogP contribution in [0.15, 0.2) is 96.1 Å². The predicted molar refractivity (Wildman–Crippen MR) is 168 cm³/mol. The number of ether oxygens (including phenoxy) is 4. The van der Waals surface area contributed by atoms with Crippen molar-refractivity contribution in [2.45, 2.75) is 69.5 Å². The topological polar surface area (TPSA) is 164 Å². The number of azide groups is 1. The Bertz CT molecular complexity index is 1390. The predicted octanol–water partition coefficient (Wildman–Crippen LogP) is 5.39. The third kappa shape index (κ3) is 10.6. The van der Waals surface area contributed by atoms with Crippen molar-refractivity contribution in [3.63, 3.8) is 0 Å². The summed E-state index contributed by atoms with van der Waals surface area (Å²) in [4.78, 5) is 29.7. The van der Waals surface area contributed by atoms with Crippen LogP contribution < -0.4 is 0 Å². The van der Waals surface area contributed by atoms with Gasteiger partial charge in [-0.2, -0.15) is 0 Å². The van der Waals surface area contributed by atoms with Gasteiger partial charge in [-0.25, -0.2) is 9.59 Å². The van der Waals surface area contributed by atoms with Crippen LogP contribution in [-0.2, 0) is 32.1 Å². The van der Waals surface area contributed by atoms with Gasteiger partial charge in [0.2, 0.25) is 0 Å². The van der Waals surface area contributed by atoms with Gasteiger partial charge in [0.05, 0.1) is 11.7 Å². The van der Waals surface area contributed by atoms with Crippen molar-refractivity contribution in [2.24, 2.45) is 5.11 Å². The summed E-state index contributed by atoms with van der Waals surface area (Å²) in [7, 11) is 0. The highest BCUT2D eigenvalue weighted by molar-refractivity contribution is 5.89. The fourth-order valence-electron chi connectivity index (χ4n) is 5.00. The van der Waals surface area contributed by atoms with E-state index in [0.717, 1.165) is 30.4 Å². The molecule has 1 amide bonds. The smallest absolute Gasteiger partial charge is 0.410 e. The van der Waals surface area contributed by atoms with Crippen LogP contribution in [0.5, 0.6) is 0 Å². The molecule has 4 rings (SSSR count). The molecule has 1 saturated heterocycles. The fraction of sp³-hybridized carbons (Fsp3) is 0.412. The van der Waals surface area contributed by atoms with E-state index in [-0.39, 0.29) is 25.9 Å². The Kier molecular flexibility index (Phi) is 13.8. The third-order valence-electron chi connectivity index (χ3n) is 7.53. The quantitative estimate of drug-likeness (QED) is 0.0698. The standard InChI is InChI=1S/C34H40N4O8/c35-37-36-29-31(40)30(39)28(24-44-32(41)27-18-10-5-11-19-27)46-33(29)43-21-13-2-1-12-20-38(22-25-14-6-3-7-15-25)34(42)45-23-26-16-8-4-9-17-26/h3-11,14-19,28-31,33,39-40H,1-2,12-13,20-24H2/t28?,29?,30-,31+,33-/m0/s1. The summed E-state index contributed by atoms with van der Waals surface area (Å²) in [5, 5.41) is 24.7. The number of rotatable bonds is 16. The van der Waals surface area contributed by atoms with Gasteiger partial charge in [0, 0.05) is 24.6 Å². The minimum absolute atomic E-state index is 0.199. The van der Waals surface area contributed by atoms with Crippen molar-refractivity contribution in [1.29, 1.82) is 0 Å². The molecular formula is C34H40N4O8. The van der Waals surface area contributed by atoms with Gasteiger partial charge in [-0.3, -0.25) is 0 Å². The second kappa shape index (κ2) is 18.5. The molecule has 12 nitrogen and oxygen atoms in total. The lowest BCUT2D eigenvalue weighted by molar-refractivity contribution is -0.265. The number of aliphatic hydroxyl groups is 2. The van der Waals surface area contributed by atoms with Gasteiger partial charge in [0.1, 0.15) is 31.5 Å². The van der Waals surface area contributed by atoms with Crippen LogP contribution in [0, 0.1) is 0 Å². The maximum absolute atomic E-state index is 12.9. The molecule has 1 heterocycles. The number of hydrogen-bond donors (Lipinski definition) is 2. The molecule has 0 aliphatic carbocycles. The first-order valence-electron chi connectivity index (χ1n) is 15.4. The van der Waals surface area contributed by atoms with Gasteiger partial charge in [0.25, 0.3) is 0 Å². The fourth-order valence-corrected chi connectivity index (χ4v) is 5.00. The number of hydrogen-bond acceptors (Lipinski definition) is 9. The number of unbranched alkanes of at least 4 members (excludes halogenated alkanes) is 3. The van der Waals surface area contributed by atoms with Crippen LogP contribution in [0.25, 0.3) is 10.4 Å². The molecule has 1 aliphatic heterocycles. The molecule has 0 saturated carbocycles. The molecule has 46 heavy (non-hydrogen) atoms. The van der Waals surface area contributed by atoms with E-state index in [2.05, 4.69) is 10.0 Å². The minimum atomic E-state index is -1.48. The zero-order chi connectivity index (χ0) is 32.6. The minimum Gasteiger partial charge on any atom is -0.459 e. The lowest BCUT2D eigenvalue weighted by Gasteiger charge is -2.40. The summed E-state index contributed by atoms with van der Waals surface area (Å²) in [5.74, 6) is -0.604. The largest absolute Gasteiger partial charge is 0.459 e. The van der Waals surface area contributed by atoms with Crippen LogP contribution in [0.4, 0.5) is 4.79 Å². The lowest BCUT2D eigenvalue weighted by Crippen LogP contribution is -2.58. The van der Waals surface area contributed by atoms with E-state index in [9.17, 15) is 19.8 Å². The van der Waals surface area contributed by atoms with E-state index >= 15 is 0 Å². The Morgan fingerprint density at radius 3 is 2.13 bits per heavy atom. The number of nitrogens with zero attached hydrogens (tertiary/aromatic N) is 4. The second-order valence-electron chi connectivity index (χ2n) is 10.9. The van der Waals surface area contributed by atoms with E-state index in [1.165, 1.54) is 0 Å². The molecule has 12 heteroatoms. The molecule has 0 aromatic heterocycles. The highest BCUT2D eigenvalue weighted by atomic mass is 16.7. The molecule has 2 unspecified atom stereocenters. The zero-order valence-corrected chi connectivity index (χ0v) is 25.5. The SMILES string of the molecule is [N-]=[N+]=NC1[C@@H](OCCCCCCN(Cc2ccccc2)C(=O)OCc2ccccc2)OC(COC(=O)c2ccccc2)[C@H](O)[C@@H]1O. The van der Waals surface area contributed by atoms with Gasteiger partial charge >= 0.3 is 12.1 Å². The number of benzene rings is 3. The summed E-state index contributed by atoms with van der Waals surface area (Å²) in [6.07, 6.45) is -2.58. The van der Waals surface area contributed by atoms with Gasteiger partial charge in [-0.05, 0) is 41.6 Å². The molecule has 1 aliphatic rings. The van der Waals surface area contributed by atoms with E-state index in [1.807, 2.05) is 60.7 Å². The molecule has 3 aromatic carbocycles. The lowest BCUT2D eigenvalue weighted by atomic mass is 9.97. The normalized spacial score (nSPS) is 20.7. The highest BCUT2D eigenvalue weighted by Gasteiger charge is 2.45. The summed E-state index contributed by atoms with van der Waals surface area (Å²) >= 11 is 0. The molecule has 0 spiro atoms. The molecule has 5 atom stereocenters. The molecule has 244 valence electrons. The summed E-state index contributed by atoms with van der Waals surface area (Å²) in [5.41, 5.74) is 11.3. The summed E-state index contributed by atoms with van der Waals surface area (Å²) < 4.78 is 22.5. The number of aliphatic hydroxyl groups excluding tert-OH is 2. The third-order valence-corrected chi connectivity index (χ3v) is 7.53. The Hall–Kier alpha value is -4.45. The Balaban J connectivity index is 1.22. The van der Waals surface area contributed by atoms with Crippen LogP contribution >= 0.6 is 0 Å². The highest BCUT2D eigenvalue weighted by Crippen LogP contribution is 2.26. The maximum Gasteiger partial charge on any atom is 0.410 e. The van der Waals surface area contributed by atoms with Gasteiger partial charge in [0.15, 0.2) is 6.29 Å². The average Bonchev–Trinajstić information content (AvgIpc) is 3.09. The first-order chi connectivity index (χ1) is 22.5. The van der Waals surface area contributed by atoms with Crippen molar-refractivity contribution in [2.75, 3.05) is 19.8 Å². The average molecular weight is 633 g/mol. The molecule has 0 radical (unpaired) electrons. The number of esters is 1. The van der Waals surface area contributed by atoms with Crippen LogP contribution in [-0.4, -0.2) is 77.6 Å². The van der Waals surface area contributed by atoms with Crippen molar-refractivity contribution in [1.82, 2.24) is 4.90 Å². The summed E-state index contributed by atoms with van der Waals surface area (Å²) in [6.45, 7) is 1.05. The van der Waals surface area contributed by atoms with Gasteiger partial charge in [-0.1, -0.05) is 96.8 Å². The van der Waals surface area contributed by atoms with Crippen molar-refractivity contribution in [3.05, 3.63) is 118 Å². The van der Waals surface area contributed by atoms with Gasteiger partial charge in [-0.15, -0.1) is 0 Å². The van der Waals surface area contributed by atoms with E-state index < -0.39 is 36.6 Å². The first-order valence-corrected chi connectivity index (χ1v) is 15.4. The Morgan fingerprint density at radius 2 is 1.46 bits per heavy atom.